The SMILES string of the molecule is C=C(CCCNCC(C)C)C1=CCC=C2C=CC(c3cn[nH]c3C3CCCC(C)=N3)=NC2C1. The molecule has 2 atom stereocenters. The number of aliphatic imine (C=N–C) groups is 2. The van der Waals surface area contributed by atoms with Crippen LogP contribution in [0, 0.1) is 5.92 Å². The van der Waals surface area contributed by atoms with Crippen LogP contribution in [0.3, 0.4) is 0 Å². The normalized spacial score (nSPS) is 22.8. The van der Waals surface area contributed by atoms with E-state index in [4.69, 9.17) is 9.98 Å². The summed E-state index contributed by atoms with van der Waals surface area (Å²) in [4.78, 5) is 10.1. The van der Waals surface area contributed by atoms with E-state index in [9.17, 15) is 0 Å². The van der Waals surface area contributed by atoms with Crippen LogP contribution in [0.4, 0.5) is 0 Å². The largest absolute Gasteiger partial charge is 0.316 e. The van der Waals surface area contributed by atoms with Gasteiger partial charge in [0.25, 0.3) is 0 Å². The number of H-pyrrole nitrogens is 1. The van der Waals surface area contributed by atoms with Gasteiger partial charge >= 0.3 is 0 Å². The van der Waals surface area contributed by atoms with Crippen molar-refractivity contribution in [1.82, 2.24) is 15.5 Å². The van der Waals surface area contributed by atoms with Crippen LogP contribution in [-0.4, -0.2) is 40.8 Å². The van der Waals surface area contributed by atoms with Crippen LogP contribution in [0.25, 0.3) is 0 Å². The Balaban J connectivity index is 1.43. The summed E-state index contributed by atoms with van der Waals surface area (Å²) in [5, 5.41) is 11.1. The molecule has 176 valence electrons. The quantitative estimate of drug-likeness (QED) is 0.454. The number of nitrogens with zero attached hydrogens (tertiary/aromatic N) is 3. The first kappa shape index (κ1) is 23.6. The van der Waals surface area contributed by atoms with Crippen LogP contribution < -0.4 is 5.32 Å². The minimum Gasteiger partial charge on any atom is -0.316 e. The molecule has 0 fully saturated rings. The van der Waals surface area contributed by atoms with Crippen LogP contribution in [-0.2, 0) is 0 Å². The maximum atomic E-state index is 5.20. The molecule has 2 unspecified atom stereocenters. The lowest BCUT2D eigenvalue weighted by Gasteiger charge is -2.22. The molecular weight excluding hydrogens is 406 g/mol. The van der Waals surface area contributed by atoms with E-state index in [2.05, 4.69) is 67.2 Å². The Morgan fingerprint density at radius 3 is 2.91 bits per heavy atom. The molecule has 1 aliphatic carbocycles. The van der Waals surface area contributed by atoms with Gasteiger partial charge in [-0.15, -0.1) is 0 Å². The van der Waals surface area contributed by atoms with E-state index in [-0.39, 0.29) is 12.1 Å². The van der Waals surface area contributed by atoms with Crippen molar-refractivity contribution in [3.63, 3.8) is 0 Å². The Bertz CT molecular complexity index is 1000. The third kappa shape index (κ3) is 6.08. The van der Waals surface area contributed by atoms with Gasteiger partial charge in [0.2, 0.25) is 0 Å². The fraction of sp³-hybridized carbons (Fsp3) is 0.536. The maximum Gasteiger partial charge on any atom is 0.0920 e. The van der Waals surface area contributed by atoms with Crippen molar-refractivity contribution in [2.24, 2.45) is 15.9 Å². The first-order valence-corrected chi connectivity index (χ1v) is 12.6. The van der Waals surface area contributed by atoms with Gasteiger partial charge in [0.15, 0.2) is 0 Å². The number of aromatic amines is 1. The number of hydrogen-bond acceptors (Lipinski definition) is 4. The summed E-state index contributed by atoms with van der Waals surface area (Å²) in [5.74, 6) is 0.693. The van der Waals surface area contributed by atoms with Crippen molar-refractivity contribution in [3.05, 3.63) is 65.1 Å². The molecule has 0 saturated carbocycles. The average Bonchev–Trinajstić information content (AvgIpc) is 3.18. The molecule has 1 aromatic heterocycles. The fourth-order valence-electron chi connectivity index (χ4n) is 4.90. The molecule has 2 N–H and O–H groups in total. The minimum atomic E-state index is 0.147. The molecule has 0 radical (unpaired) electrons. The van der Waals surface area contributed by atoms with Crippen LogP contribution in [0.2, 0.25) is 0 Å². The van der Waals surface area contributed by atoms with E-state index in [1.165, 1.54) is 28.9 Å². The Morgan fingerprint density at radius 1 is 1.21 bits per heavy atom. The summed E-state index contributed by atoms with van der Waals surface area (Å²) in [6.07, 6.45) is 18.4. The van der Waals surface area contributed by atoms with Gasteiger partial charge in [0.05, 0.1) is 29.7 Å². The van der Waals surface area contributed by atoms with Gasteiger partial charge in [0.1, 0.15) is 0 Å². The van der Waals surface area contributed by atoms with Gasteiger partial charge in [0, 0.05) is 11.3 Å². The Hall–Kier alpha value is -2.53. The lowest BCUT2D eigenvalue weighted by molar-refractivity contribution is 0.542. The molecule has 0 saturated heterocycles. The lowest BCUT2D eigenvalue weighted by Crippen LogP contribution is -2.21. The van der Waals surface area contributed by atoms with Crippen molar-refractivity contribution in [1.29, 1.82) is 0 Å². The summed E-state index contributed by atoms with van der Waals surface area (Å²) in [5.41, 5.74) is 8.39. The molecule has 0 bridgehead atoms. The van der Waals surface area contributed by atoms with Crippen molar-refractivity contribution >= 4 is 11.4 Å². The number of dihydropyridines is 1. The highest BCUT2D eigenvalue weighted by atomic mass is 15.1. The summed E-state index contributed by atoms with van der Waals surface area (Å²) < 4.78 is 0. The van der Waals surface area contributed by atoms with Gasteiger partial charge in [-0.1, -0.05) is 44.2 Å². The number of nitrogens with one attached hydrogen (secondary N) is 2. The summed E-state index contributed by atoms with van der Waals surface area (Å²) in [6.45, 7) is 13.2. The summed E-state index contributed by atoms with van der Waals surface area (Å²) in [7, 11) is 0. The zero-order chi connectivity index (χ0) is 23.2. The highest BCUT2D eigenvalue weighted by Gasteiger charge is 2.25. The molecule has 0 amide bonds. The van der Waals surface area contributed by atoms with Crippen LogP contribution in [0.1, 0.15) is 83.0 Å². The predicted molar refractivity (Wildman–Crippen MR) is 139 cm³/mol. The van der Waals surface area contributed by atoms with Crippen LogP contribution >= 0.6 is 0 Å². The van der Waals surface area contributed by atoms with Crippen LogP contribution in [0.5, 0.6) is 0 Å². The van der Waals surface area contributed by atoms with E-state index in [0.717, 1.165) is 68.6 Å². The highest BCUT2D eigenvalue weighted by molar-refractivity contribution is 6.10. The topological polar surface area (TPSA) is 65.4 Å². The second kappa shape index (κ2) is 11.1. The second-order valence-electron chi connectivity index (χ2n) is 10.0. The van der Waals surface area contributed by atoms with E-state index < -0.39 is 0 Å². The van der Waals surface area contributed by atoms with Crippen molar-refractivity contribution in [2.75, 3.05) is 13.1 Å². The molecule has 5 nitrogen and oxygen atoms in total. The number of rotatable bonds is 9. The smallest absolute Gasteiger partial charge is 0.0920 e. The standard InChI is InChI=1S/C28H39N5/c1-19(2)17-29-15-7-8-20(3)23-11-6-10-22-13-14-25(32-27(22)16-23)24-18-30-33-28(24)26-12-5-9-21(4)31-26/h10-11,13-14,18-19,26-27,29H,3,5-9,12,15-17H2,1-2,4H3,(H,30,33). The Labute approximate surface area is 199 Å². The summed E-state index contributed by atoms with van der Waals surface area (Å²) >= 11 is 0. The summed E-state index contributed by atoms with van der Waals surface area (Å²) in [6, 6.07) is 0.312. The van der Waals surface area contributed by atoms with E-state index in [0.29, 0.717) is 5.92 Å². The number of hydrogen-bond donors (Lipinski definition) is 2. The number of fused-ring (bicyclic) bond motifs is 1. The molecular formula is C28H39N5. The third-order valence-electron chi connectivity index (χ3n) is 6.75. The average molecular weight is 446 g/mol. The van der Waals surface area contributed by atoms with Gasteiger partial charge in [-0.3, -0.25) is 15.1 Å². The van der Waals surface area contributed by atoms with Crippen molar-refractivity contribution < 1.29 is 0 Å². The molecule has 4 rings (SSSR count). The molecule has 1 aromatic rings. The molecule has 0 spiro atoms. The Kier molecular flexibility index (Phi) is 7.92. The third-order valence-corrected chi connectivity index (χ3v) is 6.75. The van der Waals surface area contributed by atoms with Gasteiger partial charge in [-0.25, -0.2) is 0 Å². The molecule has 0 aromatic carbocycles. The van der Waals surface area contributed by atoms with Crippen molar-refractivity contribution in [2.45, 2.75) is 77.8 Å². The van der Waals surface area contributed by atoms with Gasteiger partial charge < -0.3 is 5.32 Å². The maximum absolute atomic E-state index is 5.20. The zero-order valence-electron chi connectivity index (χ0n) is 20.5. The zero-order valence-corrected chi connectivity index (χ0v) is 20.5. The molecule has 5 heteroatoms. The molecule has 3 heterocycles. The van der Waals surface area contributed by atoms with E-state index >= 15 is 0 Å². The second-order valence-corrected chi connectivity index (χ2v) is 10.0. The fourth-order valence-corrected chi connectivity index (χ4v) is 4.90. The van der Waals surface area contributed by atoms with Crippen LogP contribution in [0.15, 0.2) is 63.8 Å². The van der Waals surface area contributed by atoms with E-state index in [1.54, 1.807) is 0 Å². The highest BCUT2D eigenvalue weighted by Crippen LogP contribution is 2.33. The first-order chi connectivity index (χ1) is 16.0. The molecule has 2 aliphatic heterocycles. The van der Waals surface area contributed by atoms with Gasteiger partial charge in [-0.05, 0) is 88.1 Å². The first-order valence-electron chi connectivity index (χ1n) is 12.6. The Morgan fingerprint density at radius 2 is 2.09 bits per heavy atom. The predicted octanol–water partition coefficient (Wildman–Crippen LogP) is 6.05. The van der Waals surface area contributed by atoms with Crippen molar-refractivity contribution in [3.8, 4) is 0 Å². The number of allylic oxidation sites excluding steroid dienone is 4. The molecule has 3 aliphatic rings. The van der Waals surface area contributed by atoms with E-state index in [1.807, 2.05) is 6.20 Å². The number of aromatic nitrogens is 2. The minimum absolute atomic E-state index is 0.147. The lowest BCUT2D eigenvalue weighted by atomic mass is 9.91. The molecule has 33 heavy (non-hydrogen) atoms. The van der Waals surface area contributed by atoms with Gasteiger partial charge in [-0.2, -0.15) is 5.10 Å². The monoisotopic (exact) mass is 445 g/mol.